The Bertz CT molecular complexity index is 281. The third kappa shape index (κ3) is 3.11. The first-order valence-electron chi connectivity index (χ1n) is 3.84. The van der Waals surface area contributed by atoms with Crippen LogP contribution in [0.1, 0.15) is 12.5 Å². The first kappa shape index (κ1) is 9.51. The van der Waals surface area contributed by atoms with E-state index in [2.05, 4.69) is 4.98 Å². The quantitative estimate of drug-likeness (QED) is 0.656. The Balaban J connectivity index is 2.54. The Morgan fingerprint density at radius 3 is 2.77 bits per heavy atom. The van der Waals surface area contributed by atoms with Crippen LogP contribution in [0.15, 0.2) is 18.3 Å². The zero-order valence-electron chi connectivity index (χ0n) is 7.61. The van der Waals surface area contributed by atoms with E-state index in [1.807, 2.05) is 0 Å². The molecule has 1 rings (SSSR count). The van der Waals surface area contributed by atoms with Gasteiger partial charge in [0.15, 0.2) is 0 Å². The third-order valence-electron chi connectivity index (χ3n) is 1.45. The molecule has 1 heterocycles. The number of rotatable bonds is 3. The molecule has 1 aromatic rings. The van der Waals surface area contributed by atoms with Crippen molar-refractivity contribution in [3.8, 4) is 5.88 Å². The van der Waals surface area contributed by atoms with E-state index in [9.17, 15) is 4.79 Å². The topological polar surface area (TPSA) is 48.4 Å². The maximum Gasteiger partial charge on any atom is 0.302 e. The molecule has 0 spiro atoms. The molecule has 70 valence electrons. The standard InChI is InChI=1S/C9H11NO3/c1-7(11)13-6-8-3-4-9(12-2)10-5-8/h3-5H,6H2,1-2H3. The first-order valence-corrected chi connectivity index (χ1v) is 3.84. The summed E-state index contributed by atoms with van der Waals surface area (Å²) in [5.74, 6) is 0.252. The predicted molar refractivity (Wildman–Crippen MR) is 46.3 cm³/mol. The van der Waals surface area contributed by atoms with Gasteiger partial charge in [0.2, 0.25) is 5.88 Å². The molecular weight excluding hydrogens is 170 g/mol. The van der Waals surface area contributed by atoms with E-state index in [-0.39, 0.29) is 12.6 Å². The van der Waals surface area contributed by atoms with Crippen molar-refractivity contribution in [3.05, 3.63) is 23.9 Å². The Kier molecular flexibility index (Phi) is 3.25. The number of methoxy groups -OCH3 is 1. The van der Waals surface area contributed by atoms with E-state index in [0.29, 0.717) is 5.88 Å². The fourth-order valence-electron chi connectivity index (χ4n) is 0.802. The lowest BCUT2D eigenvalue weighted by atomic mass is 10.3. The second-order valence-electron chi connectivity index (χ2n) is 2.49. The fourth-order valence-corrected chi connectivity index (χ4v) is 0.802. The summed E-state index contributed by atoms with van der Waals surface area (Å²) in [6, 6.07) is 3.52. The summed E-state index contributed by atoms with van der Waals surface area (Å²) in [5, 5.41) is 0. The van der Waals surface area contributed by atoms with Crippen molar-refractivity contribution >= 4 is 5.97 Å². The fraction of sp³-hybridized carbons (Fsp3) is 0.333. The van der Waals surface area contributed by atoms with E-state index >= 15 is 0 Å². The normalized spacial score (nSPS) is 9.38. The van der Waals surface area contributed by atoms with Crippen molar-refractivity contribution < 1.29 is 14.3 Å². The predicted octanol–water partition coefficient (Wildman–Crippen LogP) is 1.15. The summed E-state index contributed by atoms with van der Waals surface area (Å²) in [6.45, 7) is 1.63. The minimum Gasteiger partial charge on any atom is -0.481 e. The number of aromatic nitrogens is 1. The van der Waals surface area contributed by atoms with Crippen molar-refractivity contribution in [3.63, 3.8) is 0 Å². The van der Waals surface area contributed by atoms with Crippen molar-refractivity contribution in [2.24, 2.45) is 0 Å². The summed E-state index contributed by atoms with van der Waals surface area (Å²) in [7, 11) is 1.55. The van der Waals surface area contributed by atoms with Crippen LogP contribution in [0.2, 0.25) is 0 Å². The lowest BCUT2D eigenvalue weighted by molar-refractivity contribution is -0.142. The van der Waals surface area contributed by atoms with Gasteiger partial charge in [-0.2, -0.15) is 0 Å². The third-order valence-corrected chi connectivity index (χ3v) is 1.45. The van der Waals surface area contributed by atoms with Gasteiger partial charge >= 0.3 is 5.97 Å². The SMILES string of the molecule is COc1ccc(COC(C)=O)cn1. The van der Waals surface area contributed by atoms with Crippen LogP contribution in [-0.4, -0.2) is 18.1 Å². The molecule has 0 radical (unpaired) electrons. The van der Waals surface area contributed by atoms with Crippen molar-refractivity contribution in [2.45, 2.75) is 13.5 Å². The molecular formula is C9H11NO3. The number of ether oxygens (including phenoxy) is 2. The number of nitrogens with zero attached hydrogens (tertiary/aromatic N) is 1. The Hall–Kier alpha value is -1.58. The number of esters is 1. The minimum absolute atomic E-state index is 0.256. The zero-order valence-corrected chi connectivity index (χ0v) is 7.61. The Labute approximate surface area is 76.5 Å². The van der Waals surface area contributed by atoms with Crippen LogP contribution >= 0.6 is 0 Å². The largest absolute Gasteiger partial charge is 0.481 e. The second kappa shape index (κ2) is 4.45. The molecule has 0 N–H and O–H groups in total. The lowest BCUT2D eigenvalue weighted by Crippen LogP contribution is -1.99. The smallest absolute Gasteiger partial charge is 0.302 e. The van der Waals surface area contributed by atoms with Crippen molar-refractivity contribution in [1.82, 2.24) is 4.98 Å². The van der Waals surface area contributed by atoms with Gasteiger partial charge < -0.3 is 9.47 Å². The van der Waals surface area contributed by atoms with Crippen LogP contribution in [0, 0.1) is 0 Å². The summed E-state index contributed by atoms with van der Waals surface area (Å²) >= 11 is 0. The van der Waals surface area contributed by atoms with E-state index in [1.165, 1.54) is 6.92 Å². The van der Waals surface area contributed by atoms with E-state index in [4.69, 9.17) is 9.47 Å². The van der Waals surface area contributed by atoms with Crippen LogP contribution in [-0.2, 0) is 16.1 Å². The van der Waals surface area contributed by atoms with Gasteiger partial charge in [0.05, 0.1) is 7.11 Å². The first-order chi connectivity index (χ1) is 6.22. The van der Waals surface area contributed by atoms with Crippen LogP contribution in [0.3, 0.4) is 0 Å². The summed E-state index contributed by atoms with van der Waals surface area (Å²) < 4.78 is 9.66. The maximum absolute atomic E-state index is 10.5. The van der Waals surface area contributed by atoms with E-state index < -0.39 is 0 Å². The summed E-state index contributed by atoms with van der Waals surface area (Å²) in [6.07, 6.45) is 1.61. The number of carbonyl (C=O) groups is 1. The van der Waals surface area contributed by atoms with Crippen LogP contribution in [0.5, 0.6) is 5.88 Å². The van der Waals surface area contributed by atoms with Gasteiger partial charge in [-0.05, 0) is 6.07 Å². The highest BCUT2D eigenvalue weighted by molar-refractivity contribution is 5.65. The number of hydrogen-bond donors (Lipinski definition) is 0. The highest BCUT2D eigenvalue weighted by atomic mass is 16.5. The highest BCUT2D eigenvalue weighted by Crippen LogP contribution is 2.07. The molecule has 0 bridgehead atoms. The van der Waals surface area contributed by atoms with Gasteiger partial charge in [0.25, 0.3) is 0 Å². The van der Waals surface area contributed by atoms with Crippen LogP contribution in [0.4, 0.5) is 0 Å². The van der Waals surface area contributed by atoms with Gasteiger partial charge in [0, 0.05) is 24.8 Å². The van der Waals surface area contributed by atoms with Gasteiger partial charge in [-0.15, -0.1) is 0 Å². The Morgan fingerprint density at radius 2 is 2.31 bits per heavy atom. The zero-order chi connectivity index (χ0) is 9.68. The minimum atomic E-state index is -0.296. The van der Waals surface area contributed by atoms with Gasteiger partial charge in [-0.25, -0.2) is 4.98 Å². The molecule has 13 heavy (non-hydrogen) atoms. The molecule has 4 heteroatoms. The molecule has 0 aliphatic heterocycles. The molecule has 0 aliphatic rings. The van der Waals surface area contributed by atoms with Gasteiger partial charge in [-0.3, -0.25) is 4.79 Å². The highest BCUT2D eigenvalue weighted by Gasteiger charge is 1.97. The van der Waals surface area contributed by atoms with Gasteiger partial charge in [-0.1, -0.05) is 0 Å². The summed E-state index contributed by atoms with van der Waals surface area (Å²) in [5.41, 5.74) is 0.844. The molecule has 0 fully saturated rings. The van der Waals surface area contributed by atoms with E-state index in [1.54, 1.807) is 25.4 Å². The monoisotopic (exact) mass is 181 g/mol. The van der Waals surface area contributed by atoms with Gasteiger partial charge in [0.1, 0.15) is 6.61 Å². The molecule has 0 saturated heterocycles. The number of hydrogen-bond acceptors (Lipinski definition) is 4. The molecule has 0 atom stereocenters. The lowest BCUT2D eigenvalue weighted by Gasteiger charge is -2.02. The summed E-state index contributed by atoms with van der Waals surface area (Å²) in [4.78, 5) is 14.4. The molecule has 0 unspecified atom stereocenters. The molecule has 1 aromatic heterocycles. The second-order valence-corrected chi connectivity index (χ2v) is 2.49. The molecule has 0 saturated carbocycles. The molecule has 0 aliphatic carbocycles. The average molecular weight is 181 g/mol. The van der Waals surface area contributed by atoms with Crippen LogP contribution < -0.4 is 4.74 Å². The van der Waals surface area contributed by atoms with Crippen molar-refractivity contribution in [2.75, 3.05) is 7.11 Å². The molecule has 0 aromatic carbocycles. The van der Waals surface area contributed by atoms with Crippen LogP contribution in [0.25, 0.3) is 0 Å². The molecule has 4 nitrogen and oxygen atoms in total. The van der Waals surface area contributed by atoms with E-state index in [0.717, 1.165) is 5.56 Å². The number of pyridine rings is 1. The molecule has 0 amide bonds. The van der Waals surface area contributed by atoms with Crippen molar-refractivity contribution in [1.29, 1.82) is 0 Å². The average Bonchev–Trinajstić information content (AvgIpc) is 2.15. The number of carbonyl (C=O) groups excluding carboxylic acids is 1. The Morgan fingerprint density at radius 1 is 1.54 bits per heavy atom. The maximum atomic E-state index is 10.5.